The van der Waals surface area contributed by atoms with Crippen LogP contribution in [0.25, 0.3) is 0 Å². The lowest BCUT2D eigenvalue weighted by atomic mass is 9.98. The molecule has 3 heterocycles. The number of hydrogen-bond acceptors (Lipinski definition) is 9. The molecule has 0 radical (unpaired) electrons. The molecule has 2 aliphatic heterocycles. The Labute approximate surface area is 202 Å². The summed E-state index contributed by atoms with van der Waals surface area (Å²) in [6, 6.07) is 11.3. The van der Waals surface area contributed by atoms with Crippen molar-refractivity contribution >= 4 is 34.1 Å². The van der Waals surface area contributed by atoms with Crippen LogP contribution >= 0.6 is 0 Å². The lowest BCUT2D eigenvalue weighted by molar-refractivity contribution is -0.139. The maximum Gasteiger partial charge on any atom is 0.323 e. The number of carbonyl (C=O) groups excluding carboxylic acids is 1. The summed E-state index contributed by atoms with van der Waals surface area (Å²) in [4.78, 5) is 36.8. The molecule has 0 aliphatic carbocycles. The Hall–Kier alpha value is -3.55. The van der Waals surface area contributed by atoms with Gasteiger partial charge in [0.05, 0.1) is 23.6 Å². The average Bonchev–Trinajstić information content (AvgIpc) is 3.43. The standard InChI is InChI=1S/C22H26N6O6S/c23-19-8-4-5-16(24-19)12-27-10-9-22(14-27)11-20(25-34-22)28(15-29)13-18(21(30)31)26-35(32,33)17-6-2-1-3-7-17/h1-8,15,18,26H,9-14H2,(H2,23,24)(H,30,31)/t18?,22-/m0/s1. The number of carboxylic acid groups (broad SMARTS) is 1. The molecular formula is C22H26N6O6S. The van der Waals surface area contributed by atoms with Crippen molar-refractivity contribution in [3.63, 3.8) is 0 Å². The van der Waals surface area contributed by atoms with Crippen LogP contribution in [0.2, 0.25) is 0 Å². The second-order valence-electron chi connectivity index (χ2n) is 8.56. The van der Waals surface area contributed by atoms with Crippen LogP contribution in [0, 0.1) is 0 Å². The van der Waals surface area contributed by atoms with Crippen molar-refractivity contribution < 1.29 is 28.0 Å². The van der Waals surface area contributed by atoms with Gasteiger partial charge in [0.15, 0.2) is 11.4 Å². The Morgan fingerprint density at radius 2 is 2.06 bits per heavy atom. The van der Waals surface area contributed by atoms with Crippen molar-refractivity contribution in [1.29, 1.82) is 0 Å². The van der Waals surface area contributed by atoms with Gasteiger partial charge in [-0.15, -0.1) is 0 Å². The summed E-state index contributed by atoms with van der Waals surface area (Å²) in [5.41, 5.74) is 5.92. The van der Waals surface area contributed by atoms with Crippen LogP contribution in [0.5, 0.6) is 0 Å². The lowest BCUT2D eigenvalue weighted by Gasteiger charge is -2.24. The van der Waals surface area contributed by atoms with E-state index in [-0.39, 0.29) is 17.2 Å². The number of nitrogens with zero attached hydrogens (tertiary/aromatic N) is 4. The summed E-state index contributed by atoms with van der Waals surface area (Å²) < 4.78 is 27.3. The fourth-order valence-corrected chi connectivity index (χ4v) is 5.38. The van der Waals surface area contributed by atoms with Crippen molar-refractivity contribution in [2.45, 2.75) is 35.9 Å². The highest BCUT2D eigenvalue weighted by Gasteiger charge is 2.46. The maximum absolute atomic E-state index is 12.6. The largest absolute Gasteiger partial charge is 0.480 e. The van der Waals surface area contributed by atoms with E-state index >= 15 is 0 Å². The summed E-state index contributed by atoms with van der Waals surface area (Å²) in [6.45, 7) is 1.38. The van der Waals surface area contributed by atoms with Gasteiger partial charge in [0.25, 0.3) is 0 Å². The number of sulfonamides is 1. The number of likely N-dealkylation sites (tertiary alicyclic amines) is 1. The summed E-state index contributed by atoms with van der Waals surface area (Å²) in [5, 5.41) is 13.7. The first-order chi connectivity index (χ1) is 16.7. The number of nitrogens with two attached hydrogens (primary N) is 1. The number of pyridine rings is 1. The van der Waals surface area contributed by atoms with Crippen LogP contribution in [-0.4, -0.2) is 77.8 Å². The van der Waals surface area contributed by atoms with E-state index in [1.54, 1.807) is 12.1 Å². The number of rotatable bonds is 9. The van der Waals surface area contributed by atoms with Gasteiger partial charge in [-0.3, -0.25) is 19.4 Å². The van der Waals surface area contributed by atoms with E-state index < -0.39 is 34.2 Å². The normalized spacial score (nSPS) is 20.9. The van der Waals surface area contributed by atoms with E-state index in [0.29, 0.717) is 31.7 Å². The molecule has 12 nitrogen and oxygen atoms in total. The average molecular weight is 503 g/mol. The molecule has 2 atom stereocenters. The Morgan fingerprint density at radius 1 is 1.29 bits per heavy atom. The minimum Gasteiger partial charge on any atom is -0.480 e. The number of nitrogen functional groups attached to an aromatic ring is 1. The van der Waals surface area contributed by atoms with Gasteiger partial charge in [-0.1, -0.05) is 29.4 Å². The zero-order valence-electron chi connectivity index (χ0n) is 18.8. The van der Waals surface area contributed by atoms with Gasteiger partial charge < -0.3 is 15.7 Å². The number of amidine groups is 1. The minimum absolute atomic E-state index is 0.0786. The van der Waals surface area contributed by atoms with Gasteiger partial charge in [-0.2, -0.15) is 4.72 Å². The monoisotopic (exact) mass is 502 g/mol. The predicted octanol–water partition coefficient (Wildman–Crippen LogP) is 0.232. The van der Waals surface area contributed by atoms with E-state index in [0.717, 1.165) is 17.1 Å². The highest BCUT2D eigenvalue weighted by Crippen LogP contribution is 2.35. The van der Waals surface area contributed by atoms with Crippen molar-refractivity contribution in [1.82, 2.24) is 19.5 Å². The van der Waals surface area contributed by atoms with Crippen LogP contribution in [0.3, 0.4) is 0 Å². The molecule has 1 saturated heterocycles. The lowest BCUT2D eigenvalue weighted by Crippen LogP contribution is -2.49. The number of anilines is 1. The second-order valence-corrected chi connectivity index (χ2v) is 10.3. The molecule has 35 heavy (non-hydrogen) atoms. The molecule has 1 spiro atoms. The third-order valence-corrected chi connectivity index (χ3v) is 7.41. The topological polar surface area (TPSA) is 168 Å². The highest BCUT2D eigenvalue weighted by atomic mass is 32.2. The molecule has 2 aliphatic rings. The first-order valence-corrected chi connectivity index (χ1v) is 12.4. The Kier molecular flexibility index (Phi) is 7.00. The van der Waals surface area contributed by atoms with Crippen LogP contribution < -0.4 is 10.5 Å². The molecule has 4 N–H and O–H groups in total. The first kappa shape index (κ1) is 24.6. The van der Waals surface area contributed by atoms with Crippen molar-refractivity contribution in [2.75, 3.05) is 25.4 Å². The predicted molar refractivity (Wildman–Crippen MR) is 125 cm³/mol. The van der Waals surface area contributed by atoms with E-state index in [1.165, 1.54) is 24.3 Å². The third-order valence-electron chi connectivity index (χ3n) is 5.92. The minimum atomic E-state index is -4.11. The second kappa shape index (κ2) is 9.98. The van der Waals surface area contributed by atoms with Crippen LogP contribution in [0.15, 0.2) is 58.6 Å². The summed E-state index contributed by atoms with van der Waals surface area (Å²) >= 11 is 0. The zero-order valence-corrected chi connectivity index (χ0v) is 19.6. The smallest absolute Gasteiger partial charge is 0.323 e. The SMILES string of the molecule is Nc1cccc(CN2CC[C@]3(CC(N(C=O)CC(NS(=O)(=O)c4ccccc4)C(=O)O)=NO3)C2)n1. The van der Waals surface area contributed by atoms with Crippen molar-refractivity contribution in [3.8, 4) is 0 Å². The van der Waals surface area contributed by atoms with Gasteiger partial charge in [-0.05, 0) is 24.3 Å². The van der Waals surface area contributed by atoms with Gasteiger partial charge >= 0.3 is 5.97 Å². The van der Waals surface area contributed by atoms with E-state index in [9.17, 15) is 23.1 Å². The molecule has 2 aromatic rings. The van der Waals surface area contributed by atoms with Crippen LogP contribution in [0.1, 0.15) is 18.5 Å². The molecule has 13 heteroatoms. The summed E-state index contributed by atoms with van der Waals surface area (Å²) in [5.74, 6) is -0.738. The van der Waals surface area contributed by atoms with Crippen molar-refractivity contribution in [3.05, 3.63) is 54.2 Å². The molecular weight excluding hydrogens is 476 g/mol. The molecule has 186 valence electrons. The van der Waals surface area contributed by atoms with Gasteiger partial charge in [-0.25, -0.2) is 13.4 Å². The van der Waals surface area contributed by atoms with Crippen molar-refractivity contribution in [2.24, 2.45) is 5.16 Å². The Bertz CT molecular complexity index is 1220. The third kappa shape index (κ3) is 5.75. The molecule has 0 saturated carbocycles. The van der Waals surface area contributed by atoms with Gasteiger partial charge in [0, 0.05) is 26.1 Å². The van der Waals surface area contributed by atoms with E-state index in [2.05, 4.69) is 19.8 Å². The zero-order chi connectivity index (χ0) is 25.1. The molecule has 4 rings (SSSR count). The molecule has 1 fully saturated rings. The molecule has 1 unspecified atom stereocenters. The molecule has 1 aromatic heterocycles. The fraction of sp³-hybridized carbons (Fsp3) is 0.364. The number of aromatic nitrogens is 1. The number of oxime groups is 1. The number of benzene rings is 1. The summed E-state index contributed by atoms with van der Waals surface area (Å²) in [6.07, 6.45) is 1.36. The van der Waals surface area contributed by atoms with Gasteiger partial charge in [0.2, 0.25) is 16.4 Å². The van der Waals surface area contributed by atoms with Gasteiger partial charge in [0.1, 0.15) is 11.9 Å². The van der Waals surface area contributed by atoms with Crippen LogP contribution in [-0.2, 0) is 31.0 Å². The number of nitrogens with one attached hydrogen (secondary N) is 1. The Morgan fingerprint density at radius 3 is 2.74 bits per heavy atom. The molecule has 1 aromatic carbocycles. The van der Waals surface area contributed by atoms with E-state index in [4.69, 9.17) is 10.6 Å². The first-order valence-electron chi connectivity index (χ1n) is 10.9. The quantitative estimate of drug-likeness (QED) is 0.407. The van der Waals surface area contributed by atoms with Crippen LogP contribution in [0.4, 0.5) is 5.82 Å². The molecule has 0 bridgehead atoms. The number of carbonyl (C=O) groups is 2. The number of hydrogen-bond donors (Lipinski definition) is 3. The Balaban J connectivity index is 1.39. The number of carboxylic acids is 1. The highest BCUT2D eigenvalue weighted by molar-refractivity contribution is 7.89. The number of amides is 1. The number of aliphatic carboxylic acids is 1. The molecule has 1 amide bonds. The maximum atomic E-state index is 12.6. The fourth-order valence-electron chi connectivity index (χ4n) is 4.18. The van der Waals surface area contributed by atoms with E-state index in [1.807, 2.05) is 12.1 Å². The summed E-state index contributed by atoms with van der Waals surface area (Å²) in [7, 11) is -4.11.